The normalized spacial score (nSPS) is 14.9. The lowest BCUT2D eigenvalue weighted by Crippen LogP contribution is -2.37. The molecule has 1 aromatic carbocycles. The molecule has 2 aromatic rings. The first-order valence-corrected chi connectivity index (χ1v) is 8.91. The molecule has 0 unspecified atom stereocenters. The zero-order valence-electron chi connectivity index (χ0n) is 15.5. The van der Waals surface area contributed by atoms with Crippen molar-refractivity contribution in [1.29, 1.82) is 0 Å². The van der Waals surface area contributed by atoms with E-state index in [1.165, 1.54) is 7.11 Å². The van der Waals surface area contributed by atoms with Crippen LogP contribution in [0.3, 0.4) is 0 Å². The topological polar surface area (TPSA) is 68.7 Å². The molecule has 1 aromatic heterocycles. The minimum absolute atomic E-state index is 0.136. The number of hydrogen-bond acceptors (Lipinski definition) is 5. The van der Waals surface area contributed by atoms with Gasteiger partial charge in [0.2, 0.25) is 5.88 Å². The average Bonchev–Trinajstić information content (AvgIpc) is 2.62. The van der Waals surface area contributed by atoms with Crippen LogP contribution in [0, 0.1) is 0 Å². The summed E-state index contributed by atoms with van der Waals surface area (Å²) in [4.78, 5) is 16.5. The van der Waals surface area contributed by atoms with Gasteiger partial charge >= 0.3 is 5.97 Å². The molecule has 3 rings (SSSR count). The van der Waals surface area contributed by atoms with Gasteiger partial charge in [0.05, 0.1) is 25.8 Å². The summed E-state index contributed by atoms with van der Waals surface area (Å²) in [7, 11) is 1.49. The molecule has 0 radical (unpaired) electrons. The van der Waals surface area contributed by atoms with Crippen molar-refractivity contribution in [2.24, 2.45) is 0 Å². The molecule has 0 bridgehead atoms. The van der Waals surface area contributed by atoms with Crippen molar-refractivity contribution in [3.63, 3.8) is 0 Å². The molecule has 0 spiro atoms. The molecule has 0 amide bonds. The van der Waals surface area contributed by atoms with Gasteiger partial charge in [0.15, 0.2) is 0 Å². The Morgan fingerprint density at radius 2 is 2.00 bits per heavy atom. The van der Waals surface area contributed by atoms with Crippen LogP contribution in [0.1, 0.15) is 56.0 Å². The highest BCUT2D eigenvalue weighted by Crippen LogP contribution is 2.44. The van der Waals surface area contributed by atoms with Crippen LogP contribution in [-0.2, 0) is 10.2 Å². The molecule has 136 valence electrons. The van der Waals surface area contributed by atoms with Crippen molar-refractivity contribution in [1.82, 2.24) is 4.98 Å². The standard InChI is InChI=1S/C18H21NO4.C2H6/c1-3-23-17(21)14-9-12-5-6-13(18(11-20)7-4-8-18)10-15(12)19-16(14)22-2;1-2/h5-6,9-10,20H,3-4,7-8,11H2,1-2H3;1-2H3. The molecule has 1 heterocycles. The first kappa shape index (κ1) is 19.2. The quantitative estimate of drug-likeness (QED) is 0.833. The number of carbonyl (C=O) groups excluding carboxylic acids is 1. The molecule has 1 saturated carbocycles. The number of rotatable bonds is 5. The number of nitrogens with zero attached hydrogens (tertiary/aromatic N) is 1. The monoisotopic (exact) mass is 345 g/mol. The molecule has 1 fully saturated rings. The fourth-order valence-corrected chi connectivity index (χ4v) is 3.13. The smallest absolute Gasteiger partial charge is 0.343 e. The summed E-state index contributed by atoms with van der Waals surface area (Å²) in [6.45, 7) is 6.21. The van der Waals surface area contributed by atoms with Gasteiger partial charge in [-0.2, -0.15) is 0 Å². The third-order valence-electron chi connectivity index (χ3n) is 4.70. The van der Waals surface area contributed by atoms with E-state index < -0.39 is 5.97 Å². The van der Waals surface area contributed by atoms with Crippen LogP contribution in [0.2, 0.25) is 0 Å². The molecular formula is C20H27NO4. The molecule has 0 saturated heterocycles. The van der Waals surface area contributed by atoms with E-state index in [1.807, 2.05) is 32.0 Å². The van der Waals surface area contributed by atoms with Crippen LogP contribution in [0.5, 0.6) is 5.88 Å². The second-order valence-electron chi connectivity index (χ2n) is 5.97. The molecule has 5 nitrogen and oxygen atoms in total. The summed E-state index contributed by atoms with van der Waals surface area (Å²) < 4.78 is 10.3. The Balaban J connectivity index is 0.00000109. The van der Waals surface area contributed by atoms with E-state index in [0.717, 1.165) is 35.7 Å². The fraction of sp³-hybridized carbons (Fsp3) is 0.500. The number of esters is 1. The third-order valence-corrected chi connectivity index (χ3v) is 4.70. The number of methoxy groups -OCH3 is 1. The van der Waals surface area contributed by atoms with Gasteiger partial charge in [-0.1, -0.05) is 32.4 Å². The highest BCUT2D eigenvalue weighted by molar-refractivity contribution is 5.96. The van der Waals surface area contributed by atoms with Crippen molar-refractivity contribution in [2.45, 2.75) is 45.4 Å². The first-order chi connectivity index (χ1) is 12.1. The number of pyridine rings is 1. The maximum atomic E-state index is 12.0. The highest BCUT2D eigenvalue weighted by Gasteiger charge is 2.38. The number of fused-ring (bicyclic) bond motifs is 1. The van der Waals surface area contributed by atoms with Gasteiger partial charge in [0, 0.05) is 10.8 Å². The van der Waals surface area contributed by atoms with E-state index in [9.17, 15) is 9.90 Å². The Bertz CT molecular complexity index is 732. The molecule has 0 atom stereocenters. The number of aromatic nitrogens is 1. The van der Waals surface area contributed by atoms with Crippen LogP contribution in [-0.4, -0.2) is 36.4 Å². The summed E-state index contributed by atoms with van der Waals surface area (Å²) in [5.74, 6) is -0.173. The lowest BCUT2D eigenvalue weighted by molar-refractivity contribution is 0.0522. The fourth-order valence-electron chi connectivity index (χ4n) is 3.13. The van der Waals surface area contributed by atoms with E-state index in [-0.39, 0.29) is 17.9 Å². The van der Waals surface area contributed by atoms with Crippen molar-refractivity contribution < 1.29 is 19.4 Å². The Hall–Kier alpha value is -2.14. The Morgan fingerprint density at radius 1 is 1.28 bits per heavy atom. The van der Waals surface area contributed by atoms with E-state index in [0.29, 0.717) is 12.2 Å². The van der Waals surface area contributed by atoms with Crippen LogP contribution >= 0.6 is 0 Å². The van der Waals surface area contributed by atoms with Crippen molar-refractivity contribution in [2.75, 3.05) is 20.3 Å². The molecule has 5 heteroatoms. The first-order valence-electron chi connectivity index (χ1n) is 8.91. The van der Waals surface area contributed by atoms with Gasteiger partial charge in [-0.25, -0.2) is 9.78 Å². The minimum atomic E-state index is -0.436. The summed E-state index contributed by atoms with van der Waals surface area (Å²) in [6.07, 6.45) is 3.12. The summed E-state index contributed by atoms with van der Waals surface area (Å²) in [5.41, 5.74) is 2.04. The Morgan fingerprint density at radius 3 is 2.52 bits per heavy atom. The Kier molecular flexibility index (Phi) is 6.37. The average molecular weight is 345 g/mol. The van der Waals surface area contributed by atoms with Crippen LogP contribution < -0.4 is 4.74 Å². The highest BCUT2D eigenvalue weighted by atomic mass is 16.5. The number of hydrogen-bond donors (Lipinski definition) is 1. The van der Waals surface area contributed by atoms with Gasteiger partial charge in [0.25, 0.3) is 0 Å². The lowest BCUT2D eigenvalue weighted by Gasteiger charge is -2.40. The molecule has 25 heavy (non-hydrogen) atoms. The molecule has 0 aliphatic heterocycles. The van der Waals surface area contributed by atoms with E-state index in [4.69, 9.17) is 9.47 Å². The van der Waals surface area contributed by atoms with Crippen molar-refractivity contribution in [3.8, 4) is 5.88 Å². The number of ether oxygens (including phenoxy) is 2. The largest absolute Gasteiger partial charge is 0.480 e. The molecule has 1 aliphatic rings. The predicted octanol–water partition coefficient (Wildman–Crippen LogP) is 3.86. The summed E-state index contributed by atoms with van der Waals surface area (Å²) >= 11 is 0. The van der Waals surface area contributed by atoms with E-state index in [1.54, 1.807) is 13.0 Å². The SMILES string of the molecule is CC.CCOC(=O)c1cc2ccc(C3(CO)CCC3)cc2nc1OC. The Labute approximate surface area is 149 Å². The maximum Gasteiger partial charge on any atom is 0.343 e. The number of aliphatic hydroxyl groups excluding tert-OH is 1. The van der Waals surface area contributed by atoms with Gasteiger partial charge < -0.3 is 14.6 Å². The zero-order chi connectivity index (χ0) is 18.4. The van der Waals surface area contributed by atoms with Gasteiger partial charge in [0.1, 0.15) is 5.56 Å². The third kappa shape index (κ3) is 3.61. The second-order valence-corrected chi connectivity index (χ2v) is 5.97. The van der Waals surface area contributed by atoms with Gasteiger partial charge in [-0.3, -0.25) is 0 Å². The van der Waals surface area contributed by atoms with Gasteiger partial charge in [-0.05, 0) is 37.5 Å². The second kappa shape index (κ2) is 8.30. The minimum Gasteiger partial charge on any atom is -0.480 e. The van der Waals surface area contributed by atoms with Crippen LogP contribution in [0.4, 0.5) is 0 Å². The van der Waals surface area contributed by atoms with Crippen molar-refractivity contribution in [3.05, 3.63) is 35.4 Å². The number of aliphatic hydroxyl groups is 1. The zero-order valence-corrected chi connectivity index (χ0v) is 15.5. The summed E-state index contributed by atoms with van der Waals surface area (Å²) in [6, 6.07) is 7.69. The van der Waals surface area contributed by atoms with E-state index in [2.05, 4.69) is 4.98 Å². The molecule has 1 N–H and O–H groups in total. The maximum absolute atomic E-state index is 12.0. The van der Waals surface area contributed by atoms with E-state index >= 15 is 0 Å². The van der Waals surface area contributed by atoms with Gasteiger partial charge in [-0.15, -0.1) is 0 Å². The van der Waals surface area contributed by atoms with Crippen LogP contribution in [0.15, 0.2) is 24.3 Å². The molecular weight excluding hydrogens is 318 g/mol. The number of benzene rings is 1. The number of carbonyl (C=O) groups is 1. The lowest BCUT2D eigenvalue weighted by atomic mass is 9.65. The predicted molar refractivity (Wildman–Crippen MR) is 98.2 cm³/mol. The molecule has 1 aliphatic carbocycles. The van der Waals surface area contributed by atoms with Crippen molar-refractivity contribution >= 4 is 16.9 Å². The van der Waals surface area contributed by atoms with Crippen LogP contribution in [0.25, 0.3) is 10.9 Å². The summed E-state index contributed by atoms with van der Waals surface area (Å²) in [5, 5.41) is 10.6.